The van der Waals surface area contributed by atoms with Crippen LogP contribution in [0.3, 0.4) is 0 Å². The van der Waals surface area contributed by atoms with Gasteiger partial charge in [-0.2, -0.15) is 0 Å². The minimum Gasteiger partial charge on any atom is -0.484 e. The lowest BCUT2D eigenvalue weighted by molar-refractivity contribution is -0.135. The molecule has 2 aromatic rings. The van der Waals surface area contributed by atoms with Crippen molar-refractivity contribution in [2.45, 2.75) is 24.9 Å². The van der Waals surface area contributed by atoms with Crippen molar-refractivity contribution in [3.63, 3.8) is 0 Å². The maximum Gasteiger partial charge on any atom is 0.273 e. The van der Waals surface area contributed by atoms with Crippen molar-refractivity contribution in [3.8, 4) is 5.75 Å². The summed E-state index contributed by atoms with van der Waals surface area (Å²) in [6.07, 6.45) is 0.862. The minimum absolute atomic E-state index is 0.00891. The van der Waals surface area contributed by atoms with Gasteiger partial charge in [-0.15, -0.1) is 5.10 Å². The van der Waals surface area contributed by atoms with Gasteiger partial charge in [-0.05, 0) is 12.1 Å². The van der Waals surface area contributed by atoms with E-state index in [0.29, 0.717) is 18.9 Å². The Labute approximate surface area is 171 Å². The van der Waals surface area contributed by atoms with Crippen LogP contribution in [0.2, 0.25) is 0 Å². The number of rotatable bonds is 9. The van der Waals surface area contributed by atoms with Gasteiger partial charge in [-0.3, -0.25) is 9.59 Å². The van der Waals surface area contributed by atoms with Gasteiger partial charge in [0.05, 0.1) is 31.9 Å². The number of alkyl halides is 2. The molecule has 0 aliphatic carbocycles. The van der Waals surface area contributed by atoms with Crippen molar-refractivity contribution in [1.29, 1.82) is 0 Å². The number of aromatic nitrogens is 3. The normalized spacial score (nSPS) is 17.7. The average molecular weight is 423 g/mol. The van der Waals surface area contributed by atoms with E-state index in [4.69, 9.17) is 9.47 Å². The summed E-state index contributed by atoms with van der Waals surface area (Å²) in [5.74, 6) is -3.51. The van der Waals surface area contributed by atoms with E-state index in [2.05, 4.69) is 15.6 Å². The van der Waals surface area contributed by atoms with E-state index in [1.54, 1.807) is 30.3 Å². The molecule has 1 fully saturated rings. The maximum atomic E-state index is 14.0. The number of carbonyl (C=O) groups is 2. The maximum absolute atomic E-state index is 14.0. The molecule has 1 aromatic carbocycles. The molecule has 0 spiro atoms. The molecule has 1 aliphatic heterocycles. The Hall–Kier alpha value is -3.08. The SMILES string of the molecule is COCCNC(=O)c1cn(C[C@@H]2CC(F)(F)CN2C(=O)COc2ccccc2)nn1. The van der Waals surface area contributed by atoms with E-state index in [-0.39, 0.29) is 18.8 Å². The lowest BCUT2D eigenvalue weighted by atomic mass is 10.2. The smallest absolute Gasteiger partial charge is 0.273 e. The first kappa shape index (κ1) is 21.6. The number of carbonyl (C=O) groups excluding carboxylic acids is 2. The van der Waals surface area contributed by atoms with Crippen LogP contribution in [0.25, 0.3) is 0 Å². The summed E-state index contributed by atoms with van der Waals surface area (Å²) in [4.78, 5) is 25.6. The first-order chi connectivity index (χ1) is 14.4. The molecule has 30 heavy (non-hydrogen) atoms. The second-order valence-electron chi connectivity index (χ2n) is 6.91. The van der Waals surface area contributed by atoms with Gasteiger partial charge in [0.15, 0.2) is 12.3 Å². The molecule has 0 unspecified atom stereocenters. The Morgan fingerprint density at radius 2 is 2.07 bits per heavy atom. The third-order valence-corrected chi connectivity index (χ3v) is 4.56. The number of nitrogens with one attached hydrogen (secondary N) is 1. The Balaban J connectivity index is 1.60. The van der Waals surface area contributed by atoms with E-state index >= 15 is 0 Å². The highest BCUT2D eigenvalue weighted by molar-refractivity contribution is 5.91. The zero-order chi connectivity index (χ0) is 21.6. The monoisotopic (exact) mass is 423 g/mol. The first-order valence-electron chi connectivity index (χ1n) is 9.40. The molecule has 162 valence electrons. The van der Waals surface area contributed by atoms with Gasteiger partial charge in [-0.1, -0.05) is 23.4 Å². The van der Waals surface area contributed by atoms with Crippen molar-refractivity contribution in [2.75, 3.05) is 33.4 Å². The highest BCUT2D eigenvalue weighted by Crippen LogP contribution is 2.32. The summed E-state index contributed by atoms with van der Waals surface area (Å²) < 4.78 is 39.6. The Bertz CT molecular complexity index is 862. The molecule has 2 heterocycles. The molecule has 0 radical (unpaired) electrons. The van der Waals surface area contributed by atoms with Gasteiger partial charge in [0, 0.05) is 20.1 Å². The fraction of sp³-hybridized carbons (Fsp3) is 0.474. The van der Waals surface area contributed by atoms with E-state index in [9.17, 15) is 18.4 Å². The number of nitrogens with zero attached hydrogens (tertiary/aromatic N) is 4. The summed E-state index contributed by atoms with van der Waals surface area (Å²) in [5, 5.41) is 10.2. The number of benzene rings is 1. The first-order valence-corrected chi connectivity index (χ1v) is 9.40. The fourth-order valence-corrected chi connectivity index (χ4v) is 3.16. The second-order valence-corrected chi connectivity index (χ2v) is 6.91. The van der Waals surface area contributed by atoms with E-state index in [0.717, 1.165) is 4.90 Å². The number of likely N-dealkylation sites (tertiary alicyclic amines) is 1. The van der Waals surface area contributed by atoms with Crippen molar-refractivity contribution in [2.24, 2.45) is 0 Å². The number of para-hydroxylation sites is 1. The number of hydrogen-bond acceptors (Lipinski definition) is 6. The summed E-state index contributed by atoms with van der Waals surface area (Å²) in [6, 6.07) is 7.87. The number of ether oxygens (including phenoxy) is 2. The molecule has 0 bridgehead atoms. The molecule has 3 rings (SSSR count). The minimum atomic E-state index is -3.01. The molecule has 0 saturated carbocycles. The topological polar surface area (TPSA) is 98.6 Å². The molecule has 1 atom stereocenters. The molecule has 1 aliphatic rings. The largest absolute Gasteiger partial charge is 0.484 e. The van der Waals surface area contributed by atoms with Gasteiger partial charge in [-0.25, -0.2) is 13.5 Å². The molecule has 1 aromatic heterocycles. The predicted molar refractivity (Wildman–Crippen MR) is 101 cm³/mol. The van der Waals surface area contributed by atoms with Gasteiger partial charge in [0.2, 0.25) is 0 Å². The van der Waals surface area contributed by atoms with Crippen LogP contribution in [0.15, 0.2) is 36.5 Å². The highest BCUT2D eigenvalue weighted by Gasteiger charge is 2.47. The third kappa shape index (κ3) is 5.72. The van der Waals surface area contributed by atoms with Crippen LogP contribution >= 0.6 is 0 Å². The van der Waals surface area contributed by atoms with E-state index < -0.39 is 36.7 Å². The Morgan fingerprint density at radius 1 is 1.30 bits per heavy atom. The van der Waals surface area contributed by atoms with Gasteiger partial charge >= 0.3 is 0 Å². The molecule has 9 nitrogen and oxygen atoms in total. The van der Waals surface area contributed by atoms with Crippen LogP contribution in [0.1, 0.15) is 16.9 Å². The van der Waals surface area contributed by atoms with Crippen molar-refractivity contribution in [1.82, 2.24) is 25.2 Å². The van der Waals surface area contributed by atoms with Crippen LogP contribution in [-0.2, 0) is 16.1 Å². The average Bonchev–Trinajstić information content (AvgIpc) is 3.31. The Morgan fingerprint density at radius 3 is 2.80 bits per heavy atom. The molecule has 2 amide bonds. The zero-order valence-corrected chi connectivity index (χ0v) is 16.5. The summed E-state index contributed by atoms with van der Waals surface area (Å²) in [5.41, 5.74) is 0.0566. The highest BCUT2D eigenvalue weighted by atomic mass is 19.3. The van der Waals surface area contributed by atoms with E-state index in [1.807, 2.05) is 0 Å². The standard InChI is InChI=1S/C19H23F2N5O4/c1-29-8-7-22-18(28)16-11-25(24-23-16)10-14-9-19(20,21)13-26(14)17(27)12-30-15-5-3-2-4-6-15/h2-6,11,14H,7-10,12-13H2,1H3,(H,22,28)/t14-/m0/s1. The number of amides is 2. The number of hydrogen-bond donors (Lipinski definition) is 1. The van der Waals surface area contributed by atoms with Gasteiger partial charge in [0.1, 0.15) is 5.75 Å². The van der Waals surface area contributed by atoms with E-state index in [1.165, 1.54) is 18.0 Å². The van der Waals surface area contributed by atoms with Crippen LogP contribution in [-0.4, -0.2) is 77.1 Å². The lowest BCUT2D eigenvalue weighted by Gasteiger charge is -2.23. The molecular weight excluding hydrogens is 400 g/mol. The lowest BCUT2D eigenvalue weighted by Crippen LogP contribution is -2.41. The third-order valence-electron chi connectivity index (χ3n) is 4.56. The molecular formula is C19H23F2N5O4. The number of methoxy groups -OCH3 is 1. The predicted octanol–water partition coefficient (Wildman–Crippen LogP) is 0.969. The van der Waals surface area contributed by atoms with Crippen molar-refractivity contribution < 1.29 is 27.8 Å². The van der Waals surface area contributed by atoms with Crippen molar-refractivity contribution in [3.05, 3.63) is 42.2 Å². The summed E-state index contributed by atoms with van der Waals surface area (Å²) in [6.45, 7) is -0.389. The van der Waals surface area contributed by atoms with Crippen molar-refractivity contribution >= 4 is 11.8 Å². The molecule has 11 heteroatoms. The fourth-order valence-electron chi connectivity index (χ4n) is 3.16. The van der Waals surface area contributed by atoms with Crippen LogP contribution in [0.4, 0.5) is 8.78 Å². The van der Waals surface area contributed by atoms with Gasteiger partial charge < -0.3 is 19.7 Å². The van der Waals surface area contributed by atoms with Crippen LogP contribution < -0.4 is 10.1 Å². The summed E-state index contributed by atoms with van der Waals surface area (Å²) >= 11 is 0. The second kappa shape index (κ2) is 9.61. The Kier molecular flexibility index (Phi) is 6.93. The zero-order valence-electron chi connectivity index (χ0n) is 16.5. The molecule has 1 saturated heterocycles. The van der Waals surface area contributed by atoms with Gasteiger partial charge in [0.25, 0.3) is 17.7 Å². The quantitative estimate of drug-likeness (QED) is 0.604. The number of halogens is 2. The van der Waals surface area contributed by atoms with Crippen LogP contribution in [0, 0.1) is 0 Å². The van der Waals surface area contributed by atoms with Crippen LogP contribution in [0.5, 0.6) is 5.75 Å². The summed E-state index contributed by atoms with van der Waals surface area (Å²) in [7, 11) is 1.51. The molecule has 1 N–H and O–H groups in total.